The van der Waals surface area contributed by atoms with E-state index in [-0.39, 0.29) is 21.9 Å². The Kier molecular flexibility index (Phi) is 10.2. The van der Waals surface area contributed by atoms with Crippen LogP contribution in [-0.2, 0) is 11.3 Å². The van der Waals surface area contributed by atoms with Crippen molar-refractivity contribution >= 4 is 52.9 Å². The van der Waals surface area contributed by atoms with Crippen LogP contribution in [0.4, 0.5) is 10.2 Å². The number of carbonyl (C=O) groups is 1. The summed E-state index contributed by atoms with van der Waals surface area (Å²) >= 11 is 7.19. The molecule has 0 radical (unpaired) electrons. The summed E-state index contributed by atoms with van der Waals surface area (Å²) in [4.78, 5) is 34.5. The Hall–Kier alpha value is -4.73. The molecule has 1 saturated heterocycles. The minimum absolute atomic E-state index is 0.133. The van der Waals surface area contributed by atoms with Crippen LogP contribution in [0.25, 0.3) is 22.0 Å². The van der Waals surface area contributed by atoms with Gasteiger partial charge in [0.05, 0.1) is 11.1 Å². The second-order valence-electron chi connectivity index (χ2n) is 15.6. The predicted molar refractivity (Wildman–Crippen MR) is 213 cm³/mol. The van der Waals surface area contributed by atoms with Gasteiger partial charge in [-0.05, 0) is 51.2 Å². The van der Waals surface area contributed by atoms with Gasteiger partial charge in [0.15, 0.2) is 0 Å². The fraction of sp³-hybridized carbons (Fsp3) is 0.310. The third-order valence-corrected chi connectivity index (χ3v) is 14.9. The molecule has 270 valence electrons. The van der Waals surface area contributed by atoms with E-state index in [9.17, 15) is 9.59 Å². The third-order valence-electron chi connectivity index (χ3n) is 9.67. The average molecular weight is 737 g/mol. The largest absolute Gasteiger partial charge is 0.533 e. The molecule has 1 amide bonds. The Bertz CT molecular complexity index is 2130. The van der Waals surface area contributed by atoms with E-state index in [1.807, 2.05) is 53.4 Å². The van der Waals surface area contributed by atoms with Crippen molar-refractivity contribution in [2.24, 2.45) is 5.41 Å². The summed E-state index contributed by atoms with van der Waals surface area (Å²) in [5, 5.41) is 2.71. The lowest BCUT2D eigenvalue weighted by Gasteiger charge is -2.43. The Balaban J connectivity index is 1.57. The monoisotopic (exact) mass is 736 g/mol. The summed E-state index contributed by atoms with van der Waals surface area (Å²) in [6.45, 7) is 18.6. The first-order valence-electron chi connectivity index (χ1n) is 17.6. The first kappa shape index (κ1) is 37.0. The van der Waals surface area contributed by atoms with E-state index in [1.165, 1.54) is 12.1 Å². The highest BCUT2D eigenvalue weighted by Crippen LogP contribution is 2.44. The van der Waals surface area contributed by atoms with Crippen molar-refractivity contribution in [1.82, 2.24) is 14.5 Å². The quantitative estimate of drug-likeness (QED) is 0.121. The lowest BCUT2D eigenvalue weighted by molar-refractivity contribution is -0.126. The van der Waals surface area contributed by atoms with Gasteiger partial charge < -0.3 is 14.2 Å². The molecular formula is C42H46ClFN4O3Si. The standard InChI is InChI=1S/C42H46ClFN4O3Si/c1-8-37(49)46-22-24-47(25-23-46)39-32-26-33(43)31(27-35(32)48(40(50)45-39)28-41(2,3)4)38-34(44)20-15-21-36(38)51-52(42(5,6)7,29-16-11-9-12-17-29)30-18-13-10-14-19-30/h8-21,26-27H,1,22-25,28H2,2-7H3. The van der Waals surface area contributed by atoms with E-state index in [1.54, 1.807) is 21.6 Å². The predicted octanol–water partition coefficient (Wildman–Crippen LogP) is 7.68. The molecule has 2 heterocycles. The van der Waals surface area contributed by atoms with Gasteiger partial charge in [0, 0.05) is 48.7 Å². The summed E-state index contributed by atoms with van der Waals surface area (Å²) in [7, 11) is -3.16. The second-order valence-corrected chi connectivity index (χ2v) is 20.2. The fourth-order valence-electron chi connectivity index (χ4n) is 7.27. The van der Waals surface area contributed by atoms with Gasteiger partial charge in [-0.2, -0.15) is 4.98 Å². The van der Waals surface area contributed by atoms with E-state index < -0.39 is 19.8 Å². The summed E-state index contributed by atoms with van der Waals surface area (Å²) in [5.41, 5.74) is 0.556. The number of nitrogens with zero attached hydrogens (tertiary/aromatic N) is 4. The van der Waals surface area contributed by atoms with Crippen molar-refractivity contribution < 1.29 is 13.6 Å². The minimum atomic E-state index is -3.16. The summed E-state index contributed by atoms with van der Waals surface area (Å²) in [5.74, 6) is 0.240. The van der Waals surface area contributed by atoms with Gasteiger partial charge in [-0.1, -0.05) is 126 Å². The molecule has 7 nitrogen and oxygen atoms in total. The molecule has 52 heavy (non-hydrogen) atoms. The SMILES string of the molecule is C=CC(=O)N1CCN(c2nc(=O)n(CC(C)(C)C)c3cc(-c4c(F)cccc4O[Si](c4ccccc4)(c4ccccc4)C(C)(C)C)c(Cl)cc23)CC1. The van der Waals surface area contributed by atoms with Gasteiger partial charge >= 0.3 is 14.0 Å². The average Bonchev–Trinajstić information content (AvgIpc) is 3.11. The zero-order valence-electron chi connectivity index (χ0n) is 30.7. The Labute approximate surface area is 311 Å². The normalized spacial score (nSPS) is 14.1. The lowest BCUT2D eigenvalue weighted by Crippen LogP contribution is -2.68. The van der Waals surface area contributed by atoms with Crippen LogP contribution >= 0.6 is 11.6 Å². The highest BCUT2D eigenvalue weighted by atomic mass is 35.5. The van der Waals surface area contributed by atoms with Gasteiger partial charge in [0.2, 0.25) is 5.91 Å². The zero-order valence-corrected chi connectivity index (χ0v) is 32.5. The number of hydrogen-bond acceptors (Lipinski definition) is 5. The van der Waals surface area contributed by atoms with Crippen LogP contribution in [0.3, 0.4) is 0 Å². The molecule has 1 fully saturated rings. The molecule has 0 atom stereocenters. The summed E-state index contributed by atoms with van der Waals surface area (Å²) in [6.07, 6.45) is 1.31. The maximum Gasteiger partial charge on any atom is 0.350 e. The van der Waals surface area contributed by atoms with Gasteiger partial charge in [-0.3, -0.25) is 9.36 Å². The van der Waals surface area contributed by atoms with Gasteiger partial charge in [-0.15, -0.1) is 0 Å². The molecule has 1 aliphatic rings. The van der Waals surface area contributed by atoms with Crippen LogP contribution in [0.15, 0.2) is 108 Å². The molecule has 0 N–H and O–H groups in total. The molecule has 0 aliphatic carbocycles. The Morgan fingerprint density at radius 1 is 0.904 bits per heavy atom. The number of carbonyl (C=O) groups excluding carboxylic acids is 1. The molecule has 0 bridgehead atoms. The first-order valence-corrected chi connectivity index (χ1v) is 19.9. The highest BCUT2D eigenvalue weighted by molar-refractivity contribution is 7.00. The van der Waals surface area contributed by atoms with E-state index in [0.29, 0.717) is 65.8 Å². The van der Waals surface area contributed by atoms with Gasteiger partial charge in [0.1, 0.15) is 17.4 Å². The molecule has 1 aromatic heterocycles. The van der Waals surface area contributed by atoms with Crippen molar-refractivity contribution in [2.45, 2.75) is 53.1 Å². The number of piperazine rings is 1. The van der Waals surface area contributed by atoms with Gasteiger partial charge in [-0.25, -0.2) is 9.18 Å². The smallest absolute Gasteiger partial charge is 0.350 e. The topological polar surface area (TPSA) is 67.7 Å². The van der Waals surface area contributed by atoms with Crippen molar-refractivity contribution in [3.8, 4) is 16.9 Å². The van der Waals surface area contributed by atoms with E-state index in [4.69, 9.17) is 16.0 Å². The summed E-state index contributed by atoms with van der Waals surface area (Å²) in [6, 6.07) is 28.9. The highest BCUT2D eigenvalue weighted by Gasteiger charge is 2.52. The second kappa shape index (κ2) is 14.4. The Morgan fingerprint density at radius 2 is 1.50 bits per heavy atom. The van der Waals surface area contributed by atoms with Crippen LogP contribution in [0, 0.1) is 11.2 Å². The molecule has 0 spiro atoms. The molecule has 1 aliphatic heterocycles. The van der Waals surface area contributed by atoms with Crippen molar-refractivity contribution in [1.29, 1.82) is 0 Å². The van der Waals surface area contributed by atoms with Crippen LogP contribution in [0.2, 0.25) is 10.1 Å². The van der Waals surface area contributed by atoms with Crippen molar-refractivity contribution in [3.05, 3.63) is 125 Å². The van der Waals surface area contributed by atoms with Crippen LogP contribution in [-0.4, -0.2) is 54.9 Å². The molecule has 6 rings (SSSR count). The maximum absolute atomic E-state index is 16.5. The molecular weight excluding hydrogens is 691 g/mol. The van der Waals surface area contributed by atoms with E-state index in [2.05, 4.69) is 77.4 Å². The van der Waals surface area contributed by atoms with E-state index >= 15 is 4.39 Å². The molecule has 0 saturated carbocycles. The lowest BCUT2D eigenvalue weighted by atomic mass is 9.96. The number of halogens is 2. The van der Waals surface area contributed by atoms with Crippen LogP contribution in [0.5, 0.6) is 5.75 Å². The molecule has 10 heteroatoms. The van der Waals surface area contributed by atoms with Crippen LogP contribution < -0.4 is 25.4 Å². The number of benzene rings is 4. The van der Waals surface area contributed by atoms with E-state index in [0.717, 1.165) is 10.4 Å². The van der Waals surface area contributed by atoms with Crippen molar-refractivity contribution in [3.63, 3.8) is 0 Å². The van der Waals surface area contributed by atoms with Crippen molar-refractivity contribution in [2.75, 3.05) is 31.1 Å². The summed E-state index contributed by atoms with van der Waals surface area (Å²) < 4.78 is 25.5. The first-order chi connectivity index (χ1) is 24.6. The minimum Gasteiger partial charge on any atom is -0.533 e. The number of anilines is 1. The van der Waals surface area contributed by atoms with Gasteiger partial charge in [0.25, 0.3) is 0 Å². The number of hydrogen-bond donors (Lipinski definition) is 0. The number of rotatable bonds is 8. The Morgan fingerprint density at radius 3 is 2.04 bits per heavy atom. The van der Waals surface area contributed by atoms with Crippen LogP contribution in [0.1, 0.15) is 41.5 Å². The zero-order chi connectivity index (χ0) is 37.4. The number of aromatic nitrogens is 2. The molecule has 5 aromatic rings. The molecule has 4 aromatic carbocycles. The number of amides is 1. The maximum atomic E-state index is 16.5. The molecule has 0 unspecified atom stereocenters. The third kappa shape index (κ3) is 7.04. The number of fused-ring (bicyclic) bond motifs is 1. The fourth-order valence-corrected chi connectivity index (χ4v) is 12.0.